The summed E-state index contributed by atoms with van der Waals surface area (Å²) in [5, 5.41) is 8.24. The van der Waals surface area contributed by atoms with Gasteiger partial charge in [-0.1, -0.05) is 38.5 Å². The van der Waals surface area contributed by atoms with Crippen LogP contribution in [0.15, 0.2) is 0 Å². The zero-order chi connectivity index (χ0) is 19.3. The lowest BCUT2D eigenvalue weighted by molar-refractivity contribution is -0.149. The van der Waals surface area contributed by atoms with Gasteiger partial charge in [0, 0.05) is 12.1 Å². The Morgan fingerprint density at radius 2 is 1.21 bits per heavy atom. The second-order valence-corrected chi connectivity index (χ2v) is 10.0. The highest BCUT2D eigenvalue weighted by atomic mass is 16.5. The average molecular weight is 391 g/mol. The van der Waals surface area contributed by atoms with E-state index < -0.39 is 0 Å². The molecule has 4 aliphatic rings. The number of hydrogen-bond donors (Lipinski definition) is 2. The van der Waals surface area contributed by atoms with E-state index in [0.717, 1.165) is 37.5 Å². The van der Waals surface area contributed by atoms with Crippen LogP contribution in [-0.4, -0.2) is 30.8 Å². The van der Waals surface area contributed by atoms with Crippen LogP contribution in [0.1, 0.15) is 96.8 Å². The lowest BCUT2D eigenvalue weighted by Crippen LogP contribution is -2.45. The molecular weight excluding hydrogens is 348 g/mol. The first kappa shape index (κ1) is 20.7. The SMILES string of the molecule is CCOC(=O)C1CCC(C2NC(C3CCCCC3)C(C3CCCCC3)N2)CC1. The standard InChI is InChI=1S/C24H42N2O2/c1-2-28-24(27)20-15-13-19(14-16-20)23-25-21(17-9-5-3-6-10-17)22(26-23)18-11-7-4-8-12-18/h17-23,25-26H,2-16H2,1H3. The van der Waals surface area contributed by atoms with E-state index in [1.165, 1.54) is 64.2 Å². The molecule has 2 unspecified atom stereocenters. The van der Waals surface area contributed by atoms with Gasteiger partial charge in [0.25, 0.3) is 0 Å². The molecule has 0 amide bonds. The van der Waals surface area contributed by atoms with Crippen molar-refractivity contribution in [1.82, 2.24) is 10.6 Å². The van der Waals surface area contributed by atoms with Crippen LogP contribution < -0.4 is 10.6 Å². The number of rotatable bonds is 5. The smallest absolute Gasteiger partial charge is 0.308 e. The number of esters is 1. The maximum Gasteiger partial charge on any atom is 0.308 e. The van der Waals surface area contributed by atoms with Gasteiger partial charge in [-0.2, -0.15) is 0 Å². The molecule has 0 aromatic carbocycles. The van der Waals surface area contributed by atoms with Crippen molar-refractivity contribution < 1.29 is 9.53 Å². The summed E-state index contributed by atoms with van der Waals surface area (Å²) < 4.78 is 5.26. The Balaban J connectivity index is 1.37. The molecule has 4 fully saturated rings. The summed E-state index contributed by atoms with van der Waals surface area (Å²) in [5.74, 6) is 2.59. The van der Waals surface area contributed by atoms with Crippen molar-refractivity contribution in [3.8, 4) is 0 Å². The van der Waals surface area contributed by atoms with E-state index in [4.69, 9.17) is 4.74 Å². The minimum Gasteiger partial charge on any atom is -0.466 e. The van der Waals surface area contributed by atoms with Crippen LogP contribution >= 0.6 is 0 Å². The molecule has 3 aliphatic carbocycles. The zero-order valence-electron chi connectivity index (χ0n) is 18.0. The number of ether oxygens (including phenoxy) is 1. The molecule has 0 radical (unpaired) electrons. The maximum absolute atomic E-state index is 12.1. The van der Waals surface area contributed by atoms with Crippen LogP contribution in [0.4, 0.5) is 0 Å². The molecule has 4 rings (SSSR count). The van der Waals surface area contributed by atoms with E-state index in [2.05, 4.69) is 10.6 Å². The van der Waals surface area contributed by atoms with Crippen LogP contribution in [0.25, 0.3) is 0 Å². The maximum atomic E-state index is 12.1. The topological polar surface area (TPSA) is 50.4 Å². The molecule has 2 N–H and O–H groups in total. The highest BCUT2D eigenvalue weighted by molar-refractivity contribution is 5.72. The van der Waals surface area contributed by atoms with Crippen LogP contribution in [0.3, 0.4) is 0 Å². The summed E-state index contributed by atoms with van der Waals surface area (Å²) in [6.07, 6.45) is 19.0. The Morgan fingerprint density at radius 1 is 0.714 bits per heavy atom. The van der Waals surface area contributed by atoms with Crippen molar-refractivity contribution in [2.75, 3.05) is 6.61 Å². The summed E-state index contributed by atoms with van der Waals surface area (Å²) in [6, 6.07) is 1.35. The first-order valence-corrected chi connectivity index (χ1v) is 12.4. The molecule has 3 saturated carbocycles. The van der Waals surface area contributed by atoms with E-state index in [1.807, 2.05) is 6.92 Å². The van der Waals surface area contributed by atoms with Crippen molar-refractivity contribution in [2.24, 2.45) is 23.7 Å². The second kappa shape index (κ2) is 9.93. The summed E-state index contributed by atoms with van der Waals surface area (Å²) >= 11 is 0. The van der Waals surface area contributed by atoms with Gasteiger partial charge in [-0.3, -0.25) is 15.4 Å². The number of nitrogens with one attached hydrogen (secondary N) is 2. The van der Waals surface area contributed by atoms with Crippen molar-refractivity contribution in [3.05, 3.63) is 0 Å². The number of hydrogen-bond acceptors (Lipinski definition) is 4. The lowest BCUT2D eigenvalue weighted by atomic mass is 9.75. The molecule has 0 aromatic heterocycles. The minimum atomic E-state index is 0.0356. The van der Waals surface area contributed by atoms with Crippen LogP contribution in [0.5, 0.6) is 0 Å². The van der Waals surface area contributed by atoms with Gasteiger partial charge in [-0.05, 0) is 76.0 Å². The Kier molecular flexibility index (Phi) is 7.33. The van der Waals surface area contributed by atoms with Gasteiger partial charge in [0.2, 0.25) is 0 Å². The van der Waals surface area contributed by atoms with Gasteiger partial charge in [-0.25, -0.2) is 0 Å². The quantitative estimate of drug-likeness (QED) is 0.664. The Hall–Kier alpha value is -0.610. The Labute approximate surface area is 171 Å². The number of carbonyl (C=O) groups is 1. The molecule has 0 bridgehead atoms. The average Bonchev–Trinajstić information content (AvgIpc) is 3.21. The lowest BCUT2D eigenvalue weighted by Gasteiger charge is -2.36. The van der Waals surface area contributed by atoms with Crippen molar-refractivity contribution in [1.29, 1.82) is 0 Å². The Bertz CT molecular complexity index is 465. The molecule has 0 aromatic rings. The first-order valence-electron chi connectivity index (χ1n) is 12.4. The van der Waals surface area contributed by atoms with E-state index in [9.17, 15) is 4.79 Å². The molecule has 4 nitrogen and oxygen atoms in total. The molecule has 160 valence electrons. The first-order chi connectivity index (χ1) is 13.8. The summed E-state index contributed by atoms with van der Waals surface area (Å²) in [4.78, 5) is 12.1. The van der Waals surface area contributed by atoms with Crippen molar-refractivity contribution >= 4 is 5.97 Å². The third-order valence-corrected chi connectivity index (χ3v) is 8.31. The largest absolute Gasteiger partial charge is 0.466 e. The predicted octanol–water partition coefficient (Wildman–Crippen LogP) is 4.77. The molecular formula is C24H42N2O2. The monoisotopic (exact) mass is 390 g/mol. The third kappa shape index (κ3) is 4.75. The fourth-order valence-corrected chi connectivity index (χ4v) is 6.74. The van der Waals surface area contributed by atoms with E-state index in [1.54, 1.807) is 0 Å². The summed E-state index contributed by atoms with van der Waals surface area (Å²) in [7, 11) is 0. The van der Waals surface area contributed by atoms with Gasteiger partial charge < -0.3 is 4.74 Å². The molecule has 1 aliphatic heterocycles. The van der Waals surface area contributed by atoms with Crippen LogP contribution in [0, 0.1) is 23.7 Å². The second-order valence-electron chi connectivity index (χ2n) is 10.0. The highest BCUT2D eigenvalue weighted by Gasteiger charge is 2.45. The molecule has 0 spiro atoms. The van der Waals surface area contributed by atoms with E-state index in [0.29, 0.717) is 30.8 Å². The predicted molar refractivity (Wildman–Crippen MR) is 113 cm³/mol. The van der Waals surface area contributed by atoms with Crippen LogP contribution in [-0.2, 0) is 9.53 Å². The van der Waals surface area contributed by atoms with Crippen molar-refractivity contribution in [2.45, 2.75) is 115 Å². The molecule has 1 saturated heterocycles. The van der Waals surface area contributed by atoms with Gasteiger partial charge in [0.05, 0.1) is 18.7 Å². The molecule has 1 heterocycles. The summed E-state index contributed by atoms with van der Waals surface area (Å²) in [5.41, 5.74) is 0. The van der Waals surface area contributed by atoms with E-state index >= 15 is 0 Å². The van der Waals surface area contributed by atoms with Gasteiger partial charge in [0.15, 0.2) is 0 Å². The highest BCUT2D eigenvalue weighted by Crippen LogP contribution is 2.39. The zero-order valence-corrected chi connectivity index (χ0v) is 18.0. The normalized spacial score (nSPS) is 38.4. The molecule has 2 atom stereocenters. The van der Waals surface area contributed by atoms with Crippen LogP contribution in [0.2, 0.25) is 0 Å². The van der Waals surface area contributed by atoms with Gasteiger partial charge in [-0.15, -0.1) is 0 Å². The fourth-order valence-electron chi connectivity index (χ4n) is 6.74. The van der Waals surface area contributed by atoms with Crippen molar-refractivity contribution in [3.63, 3.8) is 0 Å². The van der Waals surface area contributed by atoms with Gasteiger partial charge >= 0.3 is 5.97 Å². The van der Waals surface area contributed by atoms with E-state index in [-0.39, 0.29) is 11.9 Å². The third-order valence-electron chi connectivity index (χ3n) is 8.31. The number of carbonyl (C=O) groups excluding carboxylic acids is 1. The molecule has 28 heavy (non-hydrogen) atoms. The minimum absolute atomic E-state index is 0.0356. The van der Waals surface area contributed by atoms with Gasteiger partial charge in [0.1, 0.15) is 0 Å². The summed E-state index contributed by atoms with van der Waals surface area (Å²) in [6.45, 7) is 2.42. The fraction of sp³-hybridized carbons (Fsp3) is 0.958. The molecule has 4 heteroatoms. The Morgan fingerprint density at radius 3 is 1.68 bits per heavy atom.